The lowest BCUT2D eigenvalue weighted by Gasteiger charge is -2.11. The second-order valence-electron chi connectivity index (χ2n) is 4.68. The van der Waals surface area contributed by atoms with Gasteiger partial charge in [0.1, 0.15) is 11.5 Å². The van der Waals surface area contributed by atoms with E-state index in [2.05, 4.69) is 12.2 Å². The minimum absolute atomic E-state index is 0.318. The maximum absolute atomic E-state index is 11.1. The largest absolute Gasteiger partial charge is 0.478 e. The zero-order valence-corrected chi connectivity index (χ0v) is 11.6. The minimum Gasteiger partial charge on any atom is -0.478 e. The third-order valence-corrected chi connectivity index (χ3v) is 3.07. The molecule has 0 unspecified atom stereocenters. The summed E-state index contributed by atoms with van der Waals surface area (Å²) in [6.07, 6.45) is 4.11. The van der Waals surface area contributed by atoms with Crippen molar-refractivity contribution in [1.29, 1.82) is 0 Å². The number of aliphatic carboxylic acids is 1. The molecule has 1 aromatic carbocycles. The molecule has 1 aromatic rings. The molecule has 1 aliphatic carbocycles. The Morgan fingerprint density at radius 2 is 2.10 bits per heavy atom. The number of hydrogen-bond donors (Lipinski definition) is 2. The molecule has 1 aliphatic rings. The molecule has 0 amide bonds. The van der Waals surface area contributed by atoms with Gasteiger partial charge >= 0.3 is 5.97 Å². The molecule has 0 saturated carbocycles. The van der Waals surface area contributed by atoms with Gasteiger partial charge in [0.05, 0.1) is 5.70 Å². The summed E-state index contributed by atoms with van der Waals surface area (Å²) in [6, 6.07) is 9.41. The fourth-order valence-corrected chi connectivity index (χ4v) is 1.98. The Bertz CT molecular complexity index is 532. The molecule has 2 N–H and O–H groups in total. The quantitative estimate of drug-likeness (QED) is 0.750. The van der Waals surface area contributed by atoms with E-state index in [9.17, 15) is 4.79 Å². The van der Waals surface area contributed by atoms with E-state index in [4.69, 9.17) is 9.84 Å². The Morgan fingerprint density at radius 3 is 2.75 bits per heavy atom. The van der Waals surface area contributed by atoms with Gasteiger partial charge in [0.15, 0.2) is 0 Å². The van der Waals surface area contributed by atoms with Crippen LogP contribution in [-0.4, -0.2) is 17.6 Å². The molecule has 106 valence electrons. The van der Waals surface area contributed by atoms with Crippen LogP contribution in [0.3, 0.4) is 0 Å². The van der Waals surface area contributed by atoms with Crippen LogP contribution in [0.1, 0.15) is 26.2 Å². The van der Waals surface area contributed by atoms with Crippen LogP contribution in [0.25, 0.3) is 0 Å². The number of carboxylic acid groups (broad SMARTS) is 1. The zero-order chi connectivity index (χ0) is 14.4. The predicted octanol–water partition coefficient (Wildman–Crippen LogP) is 3.08. The maximum Gasteiger partial charge on any atom is 0.332 e. The molecule has 0 saturated heterocycles. The van der Waals surface area contributed by atoms with Gasteiger partial charge in [-0.25, -0.2) is 4.79 Å². The molecule has 0 aromatic heterocycles. The second kappa shape index (κ2) is 6.80. The summed E-state index contributed by atoms with van der Waals surface area (Å²) < 4.78 is 5.80. The zero-order valence-electron chi connectivity index (χ0n) is 11.6. The number of carbonyl (C=O) groups is 1. The van der Waals surface area contributed by atoms with Crippen molar-refractivity contribution in [3.8, 4) is 5.75 Å². The van der Waals surface area contributed by atoms with Crippen LogP contribution in [0.15, 0.2) is 53.4 Å². The number of unbranched alkanes of at least 4 members (excludes halogenated alkanes) is 1. The maximum atomic E-state index is 11.1. The fourth-order valence-electron chi connectivity index (χ4n) is 1.98. The number of allylic oxidation sites excluding steroid dienone is 2. The van der Waals surface area contributed by atoms with Gasteiger partial charge in [0.2, 0.25) is 0 Å². The third kappa shape index (κ3) is 3.63. The minimum atomic E-state index is -0.897. The monoisotopic (exact) mass is 273 g/mol. The molecule has 0 radical (unpaired) electrons. The van der Waals surface area contributed by atoms with E-state index >= 15 is 0 Å². The van der Waals surface area contributed by atoms with Crippen LogP contribution in [-0.2, 0) is 4.79 Å². The van der Waals surface area contributed by atoms with Gasteiger partial charge in [0.25, 0.3) is 0 Å². The lowest BCUT2D eigenvalue weighted by molar-refractivity contribution is -0.132. The van der Waals surface area contributed by atoms with E-state index in [1.165, 1.54) is 0 Å². The van der Waals surface area contributed by atoms with E-state index < -0.39 is 5.97 Å². The standard InChI is InChI=1S/C16H19NO3/c1-2-3-9-17-14-10-12(16(18)19)11-15(14)20-13-7-5-4-6-8-13/h4-8,10,17H,2-3,9,11H2,1H3,(H,18,19). The van der Waals surface area contributed by atoms with Gasteiger partial charge in [-0.3, -0.25) is 0 Å². The van der Waals surface area contributed by atoms with E-state index in [0.29, 0.717) is 17.8 Å². The van der Waals surface area contributed by atoms with Gasteiger partial charge in [-0.15, -0.1) is 0 Å². The number of benzene rings is 1. The average Bonchev–Trinajstić information content (AvgIpc) is 2.84. The van der Waals surface area contributed by atoms with Crippen LogP contribution in [0.5, 0.6) is 5.75 Å². The van der Waals surface area contributed by atoms with Gasteiger partial charge < -0.3 is 15.2 Å². The molecular formula is C16H19NO3. The smallest absolute Gasteiger partial charge is 0.332 e. The first-order valence-corrected chi connectivity index (χ1v) is 6.84. The van der Waals surface area contributed by atoms with Gasteiger partial charge in [-0.05, 0) is 24.6 Å². The fraction of sp³-hybridized carbons (Fsp3) is 0.312. The van der Waals surface area contributed by atoms with Gasteiger partial charge in [-0.2, -0.15) is 0 Å². The van der Waals surface area contributed by atoms with Crippen molar-refractivity contribution in [1.82, 2.24) is 5.32 Å². The molecule has 0 fully saturated rings. The number of hydrogen-bond acceptors (Lipinski definition) is 3. The molecule has 0 aliphatic heterocycles. The normalized spacial score (nSPS) is 14.2. The first kappa shape index (κ1) is 14.2. The van der Waals surface area contributed by atoms with Crippen molar-refractivity contribution < 1.29 is 14.6 Å². The Kier molecular flexibility index (Phi) is 4.82. The summed E-state index contributed by atoms with van der Waals surface area (Å²) in [5.41, 5.74) is 1.13. The summed E-state index contributed by atoms with van der Waals surface area (Å²) in [5, 5.41) is 12.4. The molecular weight excluding hydrogens is 254 g/mol. The lowest BCUT2D eigenvalue weighted by Crippen LogP contribution is -2.15. The van der Waals surface area contributed by atoms with Crippen molar-refractivity contribution in [2.75, 3.05) is 6.54 Å². The van der Waals surface area contributed by atoms with Crippen molar-refractivity contribution in [3.05, 3.63) is 53.4 Å². The van der Waals surface area contributed by atoms with E-state index in [1.807, 2.05) is 30.3 Å². The van der Waals surface area contributed by atoms with Gasteiger partial charge in [0, 0.05) is 18.5 Å². The van der Waals surface area contributed by atoms with Crippen molar-refractivity contribution >= 4 is 5.97 Å². The van der Waals surface area contributed by atoms with Crippen LogP contribution in [0.4, 0.5) is 0 Å². The van der Waals surface area contributed by atoms with Crippen LogP contribution in [0.2, 0.25) is 0 Å². The summed E-state index contributed by atoms with van der Waals surface area (Å²) in [5.74, 6) is 0.494. The molecule has 0 spiro atoms. The summed E-state index contributed by atoms with van der Waals surface area (Å²) in [6.45, 7) is 2.93. The molecule has 0 bridgehead atoms. The van der Waals surface area contributed by atoms with E-state index in [0.717, 1.165) is 30.8 Å². The molecule has 2 rings (SSSR count). The van der Waals surface area contributed by atoms with Crippen molar-refractivity contribution in [2.24, 2.45) is 0 Å². The molecule has 0 atom stereocenters. The highest BCUT2D eigenvalue weighted by Crippen LogP contribution is 2.27. The Labute approximate surface area is 118 Å². The highest BCUT2D eigenvalue weighted by Gasteiger charge is 2.22. The Hall–Kier alpha value is -2.23. The Morgan fingerprint density at radius 1 is 1.35 bits per heavy atom. The average molecular weight is 273 g/mol. The topological polar surface area (TPSA) is 58.6 Å². The first-order chi connectivity index (χ1) is 9.70. The molecule has 4 heteroatoms. The first-order valence-electron chi connectivity index (χ1n) is 6.84. The molecule has 4 nitrogen and oxygen atoms in total. The molecule has 0 heterocycles. The highest BCUT2D eigenvalue weighted by molar-refractivity contribution is 5.88. The van der Waals surface area contributed by atoms with Crippen molar-refractivity contribution in [3.63, 3.8) is 0 Å². The van der Waals surface area contributed by atoms with Gasteiger partial charge in [-0.1, -0.05) is 31.5 Å². The Balaban J connectivity index is 2.10. The summed E-state index contributed by atoms with van der Waals surface area (Å²) in [4.78, 5) is 11.1. The number of carboxylic acids is 1. The highest BCUT2D eigenvalue weighted by atomic mass is 16.5. The number of para-hydroxylation sites is 1. The van der Waals surface area contributed by atoms with Crippen LogP contribution >= 0.6 is 0 Å². The van der Waals surface area contributed by atoms with E-state index in [1.54, 1.807) is 6.08 Å². The molecule has 20 heavy (non-hydrogen) atoms. The second-order valence-corrected chi connectivity index (χ2v) is 4.68. The van der Waals surface area contributed by atoms with E-state index in [-0.39, 0.29) is 0 Å². The van der Waals surface area contributed by atoms with Crippen LogP contribution in [0, 0.1) is 0 Å². The SMILES string of the molecule is CCCCNC1=C(Oc2ccccc2)CC(C(=O)O)=C1. The predicted molar refractivity (Wildman–Crippen MR) is 77.3 cm³/mol. The third-order valence-electron chi connectivity index (χ3n) is 3.07. The lowest BCUT2D eigenvalue weighted by atomic mass is 10.2. The summed E-state index contributed by atoms with van der Waals surface area (Å²) >= 11 is 0. The number of nitrogens with one attached hydrogen (secondary N) is 1. The number of rotatable bonds is 7. The number of ether oxygens (including phenoxy) is 1. The van der Waals surface area contributed by atoms with Crippen LogP contribution < -0.4 is 10.1 Å². The van der Waals surface area contributed by atoms with Crippen molar-refractivity contribution in [2.45, 2.75) is 26.2 Å². The summed E-state index contributed by atoms with van der Waals surface area (Å²) in [7, 11) is 0.